The first-order valence-corrected chi connectivity index (χ1v) is 53.4. The van der Waals surface area contributed by atoms with Crippen molar-refractivity contribution >= 4 is 119 Å². The van der Waals surface area contributed by atoms with Gasteiger partial charge in [0.15, 0.2) is 0 Å². The van der Waals surface area contributed by atoms with Crippen LogP contribution in [0.5, 0.6) is 34.5 Å². The Labute approximate surface area is 861 Å². The van der Waals surface area contributed by atoms with Gasteiger partial charge < -0.3 is 47.7 Å². The van der Waals surface area contributed by atoms with Crippen LogP contribution in [0.2, 0.25) is 0 Å². The van der Waals surface area contributed by atoms with E-state index in [1.807, 2.05) is 12.1 Å². The zero-order valence-corrected chi connectivity index (χ0v) is 89.0. The van der Waals surface area contributed by atoms with Crippen molar-refractivity contribution in [1.29, 1.82) is 0 Å². The van der Waals surface area contributed by atoms with Gasteiger partial charge in [-0.3, -0.25) is 9.59 Å². The molecule has 4 aliphatic carbocycles. The number of aryl methyl sites for hydroxylation is 2. The summed E-state index contributed by atoms with van der Waals surface area (Å²) in [6, 6.07) is 83.4. The third kappa shape index (κ3) is 26.1. The number of carbonyl (C=O) groups excluding carboxylic acids is 2. The van der Waals surface area contributed by atoms with Gasteiger partial charge in [0.05, 0.1) is 64.7 Å². The number of fused-ring (bicyclic) bond motifs is 6. The third-order valence-corrected chi connectivity index (χ3v) is 30.6. The molecule has 4 aliphatic rings. The lowest BCUT2D eigenvalue weighted by Gasteiger charge is -2.54. The van der Waals surface area contributed by atoms with Gasteiger partial charge in [0.1, 0.15) is 34.5 Å². The molecule has 0 bridgehead atoms. The lowest BCUT2D eigenvalue weighted by atomic mass is 9.50. The number of rotatable bonds is 44. The van der Waals surface area contributed by atoms with Gasteiger partial charge in [-0.15, -0.1) is 0 Å². The van der Waals surface area contributed by atoms with Crippen LogP contribution in [0.25, 0.3) is 72.9 Å². The van der Waals surface area contributed by atoms with Crippen LogP contribution in [0.3, 0.4) is 0 Å². The van der Waals surface area contributed by atoms with Gasteiger partial charge in [0.2, 0.25) is 0 Å². The Morgan fingerprint density at radius 3 is 0.743 bits per heavy atom. The molecule has 0 saturated heterocycles. The first-order chi connectivity index (χ1) is 69.5. The molecular weight excluding hydrogens is 1770 g/mol. The smallest absolute Gasteiger partial charge is 0.311 e. The molecule has 12 heteroatoms. The monoisotopic (exact) mass is 1930 g/mol. The number of esters is 2. The highest BCUT2D eigenvalue weighted by Crippen LogP contribution is 2.61. The minimum atomic E-state index is -0.526. The van der Waals surface area contributed by atoms with Crippen molar-refractivity contribution in [1.82, 2.24) is 0 Å². The highest BCUT2D eigenvalue weighted by molar-refractivity contribution is 5.88. The van der Waals surface area contributed by atoms with Crippen molar-refractivity contribution in [3.8, 4) is 34.5 Å². The molecule has 6 atom stereocenters. The Morgan fingerprint density at radius 1 is 0.285 bits per heavy atom. The average molecular weight is 1930 g/mol. The maximum absolute atomic E-state index is 13.6. The normalized spacial score (nSPS) is 18.9. The Hall–Kier alpha value is -12.8. The summed E-state index contributed by atoms with van der Waals surface area (Å²) in [6.45, 7) is 39.2. The molecular formula is C132H156N2O10. The highest BCUT2D eigenvalue weighted by atomic mass is 16.5. The standard InChI is InChI=1S/C132H156N2O10/c1-91(2)67-77-139-119-87-107(121(141-79-69-93(5)6)85-105(119)45-35-101-41-57-113(58-42-101)133(111-53-37-99(38-54-111)33-31-97-27-21-19-22-28-97)115-61-63-117-103(83-115)51-65-125-129(117,13)73-25-75-131(125,15)127(135)137-17)47-49-109-89-124(144-82-72-96(11)12)110(90-123(109)143-81-71-95(9)10)50-48-108-88-120(140-78-68-92(3)4)106(86-122(108)142-80-70-94(7)8)46-36-102-43-59-114(60-44-102)134(112-55-39-100(40-56-112)34-32-98-29-23-20-24-30-98)116-62-64-118-104(84-116)52-66-126-130(118,14)74-26-76-132(126,16)128(136)138-18/h19-24,27-50,53-64,83-96,125-126H,25-26,51-52,65-82H2,1-18H3/b33-31+,34-32+,45-35+,46-36+,49-47+,50-48+/t125?,126?,129-,130-,131-,132-/m1/s1. The molecule has 11 aromatic rings. The van der Waals surface area contributed by atoms with Crippen LogP contribution in [0.1, 0.15) is 290 Å². The average Bonchev–Trinajstić information content (AvgIpc) is 0.722. The molecule has 0 aromatic heterocycles. The highest BCUT2D eigenvalue weighted by Gasteiger charge is 2.57. The number of ether oxygens (including phenoxy) is 8. The lowest BCUT2D eigenvalue weighted by Crippen LogP contribution is -2.52. The molecule has 144 heavy (non-hydrogen) atoms. The summed E-state index contributed by atoms with van der Waals surface area (Å²) in [5.41, 5.74) is 22.4. The molecule has 754 valence electrons. The number of methoxy groups -OCH3 is 2. The number of nitrogens with zero attached hydrogens (tertiary/aromatic N) is 2. The molecule has 2 fully saturated rings. The van der Waals surface area contributed by atoms with Gasteiger partial charge in [-0.25, -0.2) is 0 Å². The fourth-order valence-corrected chi connectivity index (χ4v) is 22.0. The second kappa shape index (κ2) is 48.7. The van der Waals surface area contributed by atoms with E-state index in [0.29, 0.717) is 75.1 Å². The van der Waals surface area contributed by atoms with Gasteiger partial charge >= 0.3 is 11.9 Å². The number of benzene rings is 11. The molecule has 11 aromatic carbocycles. The quantitative estimate of drug-likeness (QED) is 0.0267. The van der Waals surface area contributed by atoms with Crippen LogP contribution in [0.4, 0.5) is 34.1 Å². The van der Waals surface area contributed by atoms with Crippen LogP contribution in [-0.4, -0.2) is 65.8 Å². The van der Waals surface area contributed by atoms with Crippen LogP contribution in [-0.2, 0) is 42.7 Å². The minimum absolute atomic E-state index is 0.0852. The molecule has 2 unspecified atom stereocenters. The van der Waals surface area contributed by atoms with Gasteiger partial charge in [0, 0.05) is 67.5 Å². The molecule has 0 radical (unpaired) electrons. The number of hydrogen-bond donors (Lipinski definition) is 0. The maximum Gasteiger partial charge on any atom is 0.311 e. The SMILES string of the molecule is COC(=O)[C@]1(C)CCC[C@]2(C)c3ccc(N(c4ccc(/C=C/c5ccccc5)cc4)c4ccc(/C=C/c5cc(OCCC(C)C)c(/C=C/c6cc(OCCC(C)C)c(/C=C/c7cc(OCCC(C)C)c(/C=C/c8ccc(N(c9ccc(/C=C/c%10ccccc%10)cc9)c9ccc%10c(c9)CCC9[C@](C)(C(=O)OC)CCC[C@]%109C)cc8)cc7OCCC(C)C)cc6OCCC(C)C)cc5OCCC(C)C)cc4)cc3CCC12. The van der Waals surface area contributed by atoms with Crippen LogP contribution in [0.15, 0.2) is 231 Å². The fraction of sp³-hybridized carbons (Fsp3) is 0.394. The van der Waals surface area contributed by atoms with Gasteiger partial charge in [0.25, 0.3) is 0 Å². The summed E-state index contributed by atoms with van der Waals surface area (Å²) in [6.07, 6.45) is 40.7. The zero-order chi connectivity index (χ0) is 102. The Balaban J connectivity index is 0.750. The summed E-state index contributed by atoms with van der Waals surface area (Å²) < 4.78 is 52.7. The molecule has 0 aliphatic heterocycles. The zero-order valence-electron chi connectivity index (χ0n) is 89.0. The van der Waals surface area contributed by atoms with Crippen LogP contribution >= 0.6 is 0 Å². The minimum Gasteiger partial charge on any atom is -0.493 e. The molecule has 0 amide bonds. The van der Waals surface area contributed by atoms with E-state index in [4.69, 9.17) is 37.9 Å². The maximum atomic E-state index is 13.6. The molecule has 0 N–H and O–H groups in total. The van der Waals surface area contributed by atoms with Crippen molar-refractivity contribution < 1.29 is 47.5 Å². The Morgan fingerprint density at radius 2 is 0.507 bits per heavy atom. The molecule has 0 heterocycles. The van der Waals surface area contributed by atoms with Crippen molar-refractivity contribution in [3.05, 3.63) is 320 Å². The summed E-state index contributed by atoms with van der Waals surface area (Å²) in [5, 5.41) is 0. The van der Waals surface area contributed by atoms with E-state index in [1.165, 1.54) is 22.3 Å². The van der Waals surface area contributed by atoms with E-state index in [0.717, 1.165) is 238 Å². The summed E-state index contributed by atoms with van der Waals surface area (Å²) in [5.74, 6) is 7.29. The molecule has 12 nitrogen and oxygen atoms in total. The second-order valence-electron chi connectivity index (χ2n) is 44.1. The first-order valence-electron chi connectivity index (χ1n) is 53.4. The summed E-state index contributed by atoms with van der Waals surface area (Å²) in [4.78, 5) is 31.9. The van der Waals surface area contributed by atoms with E-state index in [9.17, 15) is 9.59 Å². The first kappa shape index (κ1) is 105. The number of hydrogen-bond acceptors (Lipinski definition) is 12. The largest absolute Gasteiger partial charge is 0.493 e. The van der Waals surface area contributed by atoms with Gasteiger partial charge in [-0.2, -0.15) is 0 Å². The van der Waals surface area contributed by atoms with E-state index in [1.54, 1.807) is 14.2 Å². The topological polar surface area (TPSA) is 114 Å². The second-order valence-corrected chi connectivity index (χ2v) is 44.1. The van der Waals surface area contributed by atoms with E-state index < -0.39 is 10.8 Å². The Kier molecular flexibility index (Phi) is 35.7. The van der Waals surface area contributed by atoms with E-state index in [2.05, 4.69) is 412 Å². The summed E-state index contributed by atoms with van der Waals surface area (Å²) >= 11 is 0. The molecule has 0 spiro atoms. The predicted molar refractivity (Wildman–Crippen MR) is 604 cm³/mol. The van der Waals surface area contributed by atoms with E-state index in [-0.39, 0.29) is 34.6 Å². The third-order valence-electron chi connectivity index (χ3n) is 30.6. The van der Waals surface area contributed by atoms with Crippen molar-refractivity contribution in [2.75, 3.05) is 63.7 Å². The fourth-order valence-electron chi connectivity index (χ4n) is 22.0. The van der Waals surface area contributed by atoms with Crippen molar-refractivity contribution in [2.24, 2.45) is 58.2 Å². The summed E-state index contributed by atoms with van der Waals surface area (Å²) in [7, 11) is 3.09. The number of anilines is 6. The number of carbonyl (C=O) groups is 2. The van der Waals surface area contributed by atoms with Crippen molar-refractivity contribution in [2.45, 2.75) is 224 Å². The molecule has 2 saturated carbocycles. The van der Waals surface area contributed by atoms with Gasteiger partial charge in [-0.1, -0.05) is 304 Å². The predicted octanol–water partition coefficient (Wildman–Crippen LogP) is 34.6. The van der Waals surface area contributed by atoms with Gasteiger partial charge in [-0.05, 0) is 327 Å². The van der Waals surface area contributed by atoms with Crippen LogP contribution < -0.4 is 38.2 Å². The van der Waals surface area contributed by atoms with Crippen LogP contribution in [0, 0.1) is 58.2 Å². The van der Waals surface area contributed by atoms with E-state index >= 15 is 0 Å². The lowest BCUT2D eigenvalue weighted by molar-refractivity contribution is -0.162. The molecule has 15 rings (SSSR count). The Bertz CT molecular complexity index is 5930. The van der Waals surface area contributed by atoms with Crippen molar-refractivity contribution in [3.63, 3.8) is 0 Å².